The number of hydrogen-bond donors (Lipinski definition) is 2. The van der Waals surface area contributed by atoms with Crippen molar-refractivity contribution < 1.29 is 18.8 Å². The zero-order valence-electron chi connectivity index (χ0n) is 14.9. The number of halogens is 1. The highest BCUT2D eigenvalue weighted by molar-refractivity contribution is 5.88. The van der Waals surface area contributed by atoms with Crippen molar-refractivity contribution in [1.82, 2.24) is 10.5 Å². The fraction of sp³-hybridized carbons (Fsp3) is 0.238. The van der Waals surface area contributed by atoms with E-state index in [4.69, 9.17) is 4.42 Å². The van der Waals surface area contributed by atoms with Gasteiger partial charge in [0.15, 0.2) is 11.7 Å². The van der Waals surface area contributed by atoms with Crippen LogP contribution in [0.1, 0.15) is 35.8 Å². The topological polar surface area (TPSA) is 75.4 Å². The van der Waals surface area contributed by atoms with Crippen molar-refractivity contribution in [3.63, 3.8) is 0 Å². The van der Waals surface area contributed by atoms with E-state index in [1.807, 2.05) is 24.3 Å². The molecular formula is C21H19FN2O3. The number of hydrogen-bond acceptors (Lipinski definition) is 4. The van der Waals surface area contributed by atoms with Crippen molar-refractivity contribution in [3.05, 3.63) is 77.6 Å². The maximum atomic E-state index is 14.4. The first kappa shape index (κ1) is 17.4. The Morgan fingerprint density at radius 1 is 1.19 bits per heavy atom. The van der Waals surface area contributed by atoms with Gasteiger partial charge in [0.1, 0.15) is 5.82 Å². The molecule has 0 radical (unpaired) electrons. The summed E-state index contributed by atoms with van der Waals surface area (Å²) in [6, 6.07) is 14.0. The second-order valence-electron chi connectivity index (χ2n) is 7.07. The standard InChI is InChI=1S/C21H19FN2O3/c1-12-23-11-17(27-12)13-7-9-14(10-8-13)18-19(21(18,2)20(25)24-26)15-5-3-4-6-16(15)22/h3-11,18-19,26H,1-2H3,(H,24,25)/t18-,19-,21-/m1/s1. The lowest BCUT2D eigenvalue weighted by Gasteiger charge is -2.09. The fourth-order valence-electron chi connectivity index (χ4n) is 4.03. The molecule has 27 heavy (non-hydrogen) atoms. The Balaban J connectivity index is 1.70. The van der Waals surface area contributed by atoms with E-state index < -0.39 is 11.3 Å². The van der Waals surface area contributed by atoms with Gasteiger partial charge >= 0.3 is 0 Å². The maximum Gasteiger partial charge on any atom is 0.250 e. The molecule has 3 aromatic rings. The number of amides is 1. The second kappa shape index (κ2) is 6.32. The molecule has 2 N–H and O–H groups in total. The van der Waals surface area contributed by atoms with E-state index >= 15 is 0 Å². The summed E-state index contributed by atoms with van der Waals surface area (Å²) in [5.41, 5.74) is 3.06. The number of carbonyl (C=O) groups excluding carboxylic acids is 1. The van der Waals surface area contributed by atoms with E-state index in [9.17, 15) is 14.4 Å². The number of benzene rings is 2. The maximum absolute atomic E-state index is 14.4. The quantitative estimate of drug-likeness (QED) is 0.536. The Hall–Kier alpha value is -2.99. The first-order chi connectivity index (χ1) is 13.0. The largest absolute Gasteiger partial charge is 0.441 e. The van der Waals surface area contributed by atoms with Crippen LogP contribution in [0.25, 0.3) is 11.3 Å². The Kier molecular flexibility index (Phi) is 4.08. The van der Waals surface area contributed by atoms with Crippen LogP contribution in [0.15, 0.2) is 59.1 Å². The van der Waals surface area contributed by atoms with Crippen LogP contribution in [-0.4, -0.2) is 16.1 Å². The number of nitrogens with one attached hydrogen (secondary N) is 1. The minimum Gasteiger partial charge on any atom is -0.441 e. The van der Waals surface area contributed by atoms with Crippen LogP contribution in [0.5, 0.6) is 0 Å². The summed E-state index contributed by atoms with van der Waals surface area (Å²) < 4.78 is 19.9. The zero-order chi connectivity index (χ0) is 19.2. The summed E-state index contributed by atoms with van der Waals surface area (Å²) in [5, 5.41) is 9.19. The van der Waals surface area contributed by atoms with Gasteiger partial charge in [-0.15, -0.1) is 0 Å². The van der Waals surface area contributed by atoms with Crippen LogP contribution in [0.4, 0.5) is 4.39 Å². The highest BCUT2D eigenvalue weighted by Crippen LogP contribution is 2.70. The third kappa shape index (κ3) is 2.73. The molecule has 4 rings (SSSR count). The summed E-state index contributed by atoms with van der Waals surface area (Å²) >= 11 is 0. The van der Waals surface area contributed by atoms with Crippen molar-refractivity contribution in [2.45, 2.75) is 25.7 Å². The van der Waals surface area contributed by atoms with Crippen LogP contribution in [0.3, 0.4) is 0 Å². The molecule has 5 nitrogen and oxygen atoms in total. The van der Waals surface area contributed by atoms with E-state index in [-0.39, 0.29) is 17.7 Å². The van der Waals surface area contributed by atoms with E-state index in [0.717, 1.165) is 11.1 Å². The molecule has 0 saturated heterocycles. The van der Waals surface area contributed by atoms with Gasteiger partial charge in [-0.3, -0.25) is 10.0 Å². The van der Waals surface area contributed by atoms with Gasteiger partial charge in [0, 0.05) is 24.3 Å². The summed E-state index contributed by atoms with van der Waals surface area (Å²) in [7, 11) is 0. The summed E-state index contributed by atoms with van der Waals surface area (Å²) in [4.78, 5) is 16.5. The average Bonchev–Trinajstić information content (AvgIpc) is 3.07. The Labute approximate surface area is 155 Å². The molecule has 138 valence electrons. The number of aromatic nitrogens is 1. The summed E-state index contributed by atoms with van der Waals surface area (Å²) in [6.45, 7) is 3.52. The second-order valence-corrected chi connectivity index (χ2v) is 7.07. The molecule has 0 bridgehead atoms. The van der Waals surface area contributed by atoms with Crippen molar-refractivity contribution in [2.24, 2.45) is 5.41 Å². The third-order valence-electron chi connectivity index (χ3n) is 5.52. The molecule has 0 aliphatic heterocycles. The first-order valence-corrected chi connectivity index (χ1v) is 8.68. The highest BCUT2D eigenvalue weighted by Gasteiger charge is 2.67. The van der Waals surface area contributed by atoms with E-state index in [0.29, 0.717) is 17.2 Å². The van der Waals surface area contributed by atoms with Gasteiger partial charge in [-0.2, -0.15) is 0 Å². The predicted octanol–water partition coefficient (Wildman–Crippen LogP) is 4.18. The molecule has 1 fully saturated rings. The number of hydroxylamine groups is 1. The van der Waals surface area contributed by atoms with Crippen LogP contribution < -0.4 is 5.48 Å². The van der Waals surface area contributed by atoms with Gasteiger partial charge in [-0.1, -0.05) is 42.5 Å². The number of rotatable bonds is 4. The fourth-order valence-corrected chi connectivity index (χ4v) is 4.03. The van der Waals surface area contributed by atoms with Crippen molar-refractivity contribution in [1.29, 1.82) is 0 Å². The Bertz CT molecular complexity index is 999. The molecule has 0 unspecified atom stereocenters. The normalized spacial score (nSPS) is 23.9. The lowest BCUT2D eigenvalue weighted by atomic mass is 9.98. The number of carbonyl (C=O) groups is 1. The third-order valence-corrected chi connectivity index (χ3v) is 5.52. The SMILES string of the molecule is Cc1ncc(-c2ccc([C@@H]3[C@@H](c4ccccc4F)[C@]3(C)C(=O)NO)cc2)o1. The van der Waals surface area contributed by atoms with Gasteiger partial charge in [0.05, 0.1) is 11.6 Å². The minimum atomic E-state index is -0.929. The van der Waals surface area contributed by atoms with E-state index in [2.05, 4.69) is 4.98 Å². The van der Waals surface area contributed by atoms with Gasteiger partial charge in [-0.25, -0.2) is 14.9 Å². The lowest BCUT2D eigenvalue weighted by Crippen LogP contribution is -2.29. The number of oxazole rings is 1. The Morgan fingerprint density at radius 3 is 2.48 bits per heavy atom. The molecule has 1 aliphatic carbocycles. The molecule has 1 aromatic heterocycles. The minimum absolute atomic E-state index is 0.243. The molecule has 1 heterocycles. The molecular weight excluding hydrogens is 347 g/mol. The average molecular weight is 366 g/mol. The van der Waals surface area contributed by atoms with E-state index in [1.54, 1.807) is 43.7 Å². The van der Waals surface area contributed by atoms with Crippen molar-refractivity contribution >= 4 is 5.91 Å². The summed E-state index contributed by atoms with van der Waals surface area (Å²) in [6.07, 6.45) is 1.66. The molecule has 0 spiro atoms. The molecule has 1 saturated carbocycles. The smallest absolute Gasteiger partial charge is 0.250 e. The molecule has 1 aliphatic rings. The first-order valence-electron chi connectivity index (χ1n) is 8.68. The zero-order valence-corrected chi connectivity index (χ0v) is 14.9. The van der Waals surface area contributed by atoms with Crippen LogP contribution >= 0.6 is 0 Å². The molecule has 6 heteroatoms. The number of aryl methyl sites for hydroxylation is 1. The molecule has 3 atom stereocenters. The Morgan fingerprint density at radius 2 is 1.89 bits per heavy atom. The highest BCUT2D eigenvalue weighted by atomic mass is 19.1. The van der Waals surface area contributed by atoms with Gasteiger partial charge in [-0.05, 0) is 24.1 Å². The monoisotopic (exact) mass is 366 g/mol. The number of nitrogens with zero attached hydrogens (tertiary/aromatic N) is 1. The summed E-state index contributed by atoms with van der Waals surface area (Å²) in [5.74, 6) is -0.220. The van der Waals surface area contributed by atoms with Gasteiger partial charge in [0.2, 0.25) is 0 Å². The van der Waals surface area contributed by atoms with E-state index in [1.165, 1.54) is 6.07 Å². The lowest BCUT2D eigenvalue weighted by molar-refractivity contribution is -0.134. The van der Waals surface area contributed by atoms with Crippen LogP contribution in [-0.2, 0) is 4.79 Å². The van der Waals surface area contributed by atoms with Crippen LogP contribution in [0.2, 0.25) is 0 Å². The van der Waals surface area contributed by atoms with Gasteiger partial charge < -0.3 is 4.42 Å². The van der Waals surface area contributed by atoms with Crippen LogP contribution in [0, 0.1) is 18.2 Å². The molecule has 2 aromatic carbocycles. The molecule has 1 amide bonds. The predicted molar refractivity (Wildman–Crippen MR) is 96.6 cm³/mol. The van der Waals surface area contributed by atoms with Crippen molar-refractivity contribution in [2.75, 3.05) is 0 Å². The van der Waals surface area contributed by atoms with Gasteiger partial charge in [0.25, 0.3) is 5.91 Å². The van der Waals surface area contributed by atoms with Crippen molar-refractivity contribution in [3.8, 4) is 11.3 Å².